The molecule has 0 amide bonds. The van der Waals surface area contributed by atoms with Gasteiger partial charge in [0.1, 0.15) is 0 Å². The van der Waals surface area contributed by atoms with Gasteiger partial charge >= 0.3 is 0 Å². The molecule has 0 heteroatoms. The Bertz CT molecular complexity index is 435. The van der Waals surface area contributed by atoms with Crippen molar-refractivity contribution in [2.45, 2.75) is 58.3 Å². The molecule has 0 saturated heterocycles. The summed E-state index contributed by atoms with van der Waals surface area (Å²) in [4.78, 5) is 0. The molecule has 0 aliphatic heterocycles. The van der Waals surface area contributed by atoms with Crippen LogP contribution >= 0.6 is 0 Å². The van der Waals surface area contributed by atoms with Gasteiger partial charge in [-0.2, -0.15) is 0 Å². The minimum Gasteiger partial charge on any atom is -0.0654 e. The van der Waals surface area contributed by atoms with Gasteiger partial charge in [0.25, 0.3) is 0 Å². The van der Waals surface area contributed by atoms with E-state index < -0.39 is 0 Å². The molecule has 0 nitrogen and oxygen atoms in total. The van der Waals surface area contributed by atoms with Crippen molar-refractivity contribution in [3.8, 4) is 0 Å². The van der Waals surface area contributed by atoms with Gasteiger partial charge in [-0.05, 0) is 97.2 Å². The summed E-state index contributed by atoms with van der Waals surface area (Å²) in [6.07, 6.45) is 13.1. The molecule has 9 atom stereocenters. The van der Waals surface area contributed by atoms with Gasteiger partial charge in [-0.15, -0.1) is 0 Å². The first-order chi connectivity index (χ1) is 8.83. The maximum Gasteiger partial charge on any atom is -0.0145 e. The van der Waals surface area contributed by atoms with Crippen LogP contribution in [0.25, 0.3) is 0 Å². The fraction of sp³-hybridized carbons (Fsp3) is 1.00. The van der Waals surface area contributed by atoms with E-state index >= 15 is 0 Å². The molecule has 98 valence electrons. The lowest BCUT2D eigenvalue weighted by atomic mass is 9.32. The van der Waals surface area contributed by atoms with E-state index in [9.17, 15) is 0 Å². The second-order valence-electron chi connectivity index (χ2n) is 8.94. The molecule has 6 aliphatic rings. The Hall–Kier alpha value is 0. The summed E-state index contributed by atoms with van der Waals surface area (Å²) < 4.78 is 0. The Balaban J connectivity index is 1.65. The molecule has 6 fully saturated rings. The first kappa shape index (κ1) is 9.83. The van der Waals surface area contributed by atoms with Crippen molar-refractivity contribution < 1.29 is 0 Å². The van der Waals surface area contributed by atoms with Crippen molar-refractivity contribution in [3.05, 3.63) is 0 Å². The fourth-order valence-corrected chi connectivity index (χ4v) is 9.89. The van der Waals surface area contributed by atoms with Crippen LogP contribution in [0.15, 0.2) is 0 Å². The van der Waals surface area contributed by atoms with E-state index in [0.29, 0.717) is 0 Å². The highest BCUT2D eigenvalue weighted by Gasteiger charge is 2.87. The molecule has 0 radical (unpaired) electrons. The summed E-state index contributed by atoms with van der Waals surface area (Å²) in [6.45, 7) is 2.46. The summed E-state index contributed by atoms with van der Waals surface area (Å²) >= 11 is 0. The third-order valence-electron chi connectivity index (χ3n) is 9.39. The molecule has 0 aromatic carbocycles. The Morgan fingerprint density at radius 2 is 1.72 bits per heavy atom. The average molecular weight is 242 g/mol. The summed E-state index contributed by atoms with van der Waals surface area (Å²) in [5.74, 6) is 8.45. The lowest BCUT2D eigenvalue weighted by Gasteiger charge is -2.72. The van der Waals surface area contributed by atoms with Gasteiger partial charge in [0, 0.05) is 0 Å². The maximum atomic E-state index is 2.46. The van der Waals surface area contributed by atoms with Crippen LogP contribution < -0.4 is 0 Å². The fourth-order valence-electron chi connectivity index (χ4n) is 9.89. The third-order valence-corrected chi connectivity index (χ3v) is 9.39. The zero-order valence-corrected chi connectivity index (χ0v) is 11.7. The quantitative estimate of drug-likeness (QED) is 0.669. The SMILES string of the molecule is CCCC12CC3C4CC5CC6C1CCC5C32C6C4. The smallest absolute Gasteiger partial charge is 0.0145 e. The monoisotopic (exact) mass is 242 g/mol. The molecule has 1 spiro atoms. The van der Waals surface area contributed by atoms with Gasteiger partial charge in [0.2, 0.25) is 0 Å². The lowest BCUT2D eigenvalue weighted by molar-refractivity contribution is -0.245. The first-order valence-electron chi connectivity index (χ1n) is 8.83. The van der Waals surface area contributed by atoms with Gasteiger partial charge in [-0.1, -0.05) is 13.3 Å². The first-order valence-corrected chi connectivity index (χ1v) is 8.83. The summed E-state index contributed by atoms with van der Waals surface area (Å²) in [5.41, 5.74) is 1.84. The van der Waals surface area contributed by atoms with Crippen LogP contribution in [-0.4, -0.2) is 0 Å². The predicted octanol–water partition coefficient (Wildman–Crippen LogP) is 4.49. The number of hydrogen-bond acceptors (Lipinski definition) is 0. The van der Waals surface area contributed by atoms with E-state index in [1.165, 1.54) is 47.8 Å². The van der Waals surface area contributed by atoms with Gasteiger partial charge in [-0.3, -0.25) is 0 Å². The Kier molecular flexibility index (Phi) is 1.41. The predicted molar refractivity (Wildman–Crippen MR) is 71.9 cm³/mol. The van der Waals surface area contributed by atoms with Crippen LogP contribution in [0, 0.1) is 52.3 Å². The normalized spacial score (nSPS) is 72.8. The van der Waals surface area contributed by atoms with Crippen LogP contribution in [0.5, 0.6) is 0 Å². The molecule has 9 unspecified atom stereocenters. The van der Waals surface area contributed by atoms with E-state index in [2.05, 4.69) is 6.92 Å². The molecule has 0 aromatic heterocycles. The summed E-state index contributed by atoms with van der Waals surface area (Å²) in [7, 11) is 0. The molecule has 18 heavy (non-hydrogen) atoms. The minimum atomic E-state index is 0.897. The molecule has 0 N–H and O–H groups in total. The third kappa shape index (κ3) is 0.640. The average Bonchev–Trinajstić information content (AvgIpc) is 2.61. The zero-order valence-electron chi connectivity index (χ0n) is 11.7. The van der Waals surface area contributed by atoms with Gasteiger partial charge in [0.05, 0.1) is 0 Å². The van der Waals surface area contributed by atoms with Crippen LogP contribution in [0.3, 0.4) is 0 Å². The van der Waals surface area contributed by atoms with Crippen LogP contribution in [0.2, 0.25) is 0 Å². The minimum absolute atomic E-state index is 0.897. The standard InChI is InChI=1S/C18H26/c1-2-5-17-9-16-11-6-10-7-12-14(17)4-3-13(10)18(16,17)15(12)8-11/h10-16H,2-9H2,1H3. The van der Waals surface area contributed by atoms with Crippen molar-refractivity contribution in [1.82, 2.24) is 0 Å². The van der Waals surface area contributed by atoms with E-state index in [-0.39, 0.29) is 0 Å². The van der Waals surface area contributed by atoms with Gasteiger partial charge in [0.15, 0.2) is 0 Å². The van der Waals surface area contributed by atoms with E-state index in [1.807, 2.05) is 0 Å². The summed E-state index contributed by atoms with van der Waals surface area (Å²) in [5, 5.41) is 0. The van der Waals surface area contributed by atoms with Crippen LogP contribution in [0.1, 0.15) is 58.3 Å². The van der Waals surface area contributed by atoms with Crippen molar-refractivity contribution >= 4 is 0 Å². The molecular formula is C18H26. The molecular weight excluding hydrogens is 216 g/mol. The van der Waals surface area contributed by atoms with Gasteiger partial charge in [-0.25, -0.2) is 0 Å². The Morgan fingerprint density at radius 1 is 0.889 bits per heavy atom. The number of rotatable bonds is 2. The number of fused-ring (bicyclic) bond motifs is 1. The molecule has 6 aliphatic carbocycles. The molecule has 0 aromatic rings. The molecule has 5 bridgehead atoms. The van der Waals surface area contributed by atoms with E-state index in [4.69, 9.17) is 0 Å². The van der Waals surface area contributed by atoms with Crippen molar-refractivity contribution in [3.63, 3.8) is 0 Å². The zero-order chi connectivity index (χ0) is 11.7. The van der Waals surface area contributed by atoms with Crippen LogP contribution in [-0.2, 0) is 0 Å². The lowest BCUT2D eigenvalue weighted by Crippen LogP contribution is -2.66. The Labute approximate surface area is 111 Å². The summed E-state index contributed by atoms with van der Waals surface area (Å²) in [6, 6.07) is 0. The maximum absolute atomic E-state index is 2.46. The Morgan fingerprint density at radius 3 is 2.61 bits per heavy atom. The molecule has 0 heterocycles. The van der Waals surface area contributed by atoms with Crippen molar-refractivity contribution in [2.75, 3.05) is 0 Å². The van der Waals surface area contributed by atoms with Crippen molar-refractivity contribution in [2.24, 2.45) is 52.3 Å². The topological polar surface area (TPSA) is 0 Å². The van der Waals surface area contributed by atoms with E-state index in [0.717, 1.165) is 10.8 Å². The van der Waals surface area contributed by atoms with Crippen molar-refractivity contribution in [1.29, 1.82) is 0 Å². The van der Waals surface area contributed by atoms with E-state index in [1.54, 1.807) is 44.9 Å². The highest BCUT2D eigenvalue weighted by atomic mass is 14.9. The second kappa shape index (κ2) is 2.59. The largest absolute Gasteiger partial charge is 0.0654 e. The number of hydrogen-bond donors (Lipinski definition) is 0. The molecule has 6 rings (SSSR count). The van der Waals surface area contributed by atoms with Crippen LogP contribution in [0.4, 0.5) is 0 Å². The highest BCUT2D eigenvalue weighted by molar-refractivity contribution is 5.34. The molecule has 6 saturated carbocycles. The second-order valence-corrected chi connectivity index (χ2v) is 8.94. The highest BCUT2D eigenvalue weighted by Crippen LogP contribution is 2.93. The van der Waals surface area contributed by atoms with Gasteiger partial charge < -0.3 is 0 Å².